The number of hydrogen-bond acceptors (Lipinski definition) is 4. The molecule has 25 heavy (non-hydrogen) atoms. The minimum absolute atomic E-state index is 0.0444. The van der Waals surface area contributed by atoms with Crippen LogP contribution in [0.25, 0.3) is 11.8 Å². The third kappa shape index (κ3) is 2.87. The summed E-state index contributed by atoms with van der Waals surface area (Å²) in [6.45, 7) is 1.82. The summed E-state index contributed by atoms with van der Waals surface area (Å²) >= 11 is 4.72. The topological polar surface area (TPSA) is 73.8 Å². The SMILES string of the molecule is CC1=NN2C(=N)/C(=C\c3cccn3-c3ccc(Br)cc3)C(=O)N=C2S1. The van der Waals surface area contributed by atoms with Crippen molar-refractivity contribution in [2.75, 3.05) is 0 Å². The Kier molecular flexibility index (Phi) is 3.93. The van der Waals surface area contributed by atoms with Crippen molar-refractivity contribution >= 4 is 55.7 Å². The van der Waals surface area contributed by atoms with Crippen LogP contribution in [0.15, 0.2) is 62.7 Å². The molecule has 1 aromatic heterocycles. The fourth-order valence-corrected chi connectivity index (χ4v) is 3.58. The average molecular weight is 414 g/mol. The van der Waals surface area contributed by atoms with E-state index in [1.807, 2.05) is 54.1 Å². The highest BCUT2D eigenvalue weighted by Gasteiger charge is 2.34. The fourth-order valence-electron chi connectivity index (χ4n) is 2.58. The number of halogens is 1. The maximum atomic E-state index is 12.4. The van der Waals surface area contributed by atoms with Gasteiger partial charge in [0.1, 0.15) is 0 Å². The second-order valence-electron chi connectivity index (χ2n) is 5.42. The monoisotopic (exact) mass is 413 g/mol. The van der Waals surface area contributed by atoms with Gasteiger partial charge in [0.05, 0.1) is 10.6 Å². The van der Waals surface area contributed by atoms with Gasteiger partial charge in [-0.2, -0.15) is 15.1 Å². The summed E-state index contributed by atoms with van der Waals surface area (Å²) < 4.78 is 2.95. The summed E-state index contributed by atoms with van der Waals surface area (Å²) in [6.07, 6.45) is 3.59. The van der Waals surface area contributed by atoms with Crippen molar-refractivity contribution < 1.29 is 4.79 Å². The Balaban J connectivity index is 1.75. The van der Waals surface area contributed by atoms with Gasteiger partial charge in [0.2, 0.25) is 5.17 Å². The van der Waals surface area contributed by atoms with Crippen molar-refractivity contribution in [1.82, 2.24) is 9.58 Å². The maximum absolute atomic E-state index is 12.4. The molecule has 0 radical (unpaired) electrons. The largest absolute Gasteiger partial charge is 0.317 e. The summed E-state index contributed by atoms with van der Waals surface area (Å²) in [4.78, 5) is 16.4. The zero-order chi connectivity index (χ0) is 17.6. The molecule has 2 aliphatic heterocycles. The number of benzene rings is 1. The Bertz CT molecular complexity index is 987. The lowest BCUT2D eigenvalue weighted by Crippen LogP contribution is -2.35. The van der Waals surface area contributed by atoms with E-state index in [2.05, 4.69) is 26.0 Å². The first kappa shape index (κ1) is 16.0. The summed E-state index contributed by atoms with van der Waals surface area (Å²) in [5.41, 5.74) is 1.98. The summed E-state index contributed by atoms with van der Waals surface area (Å²) in [5, 5.41) is 15.2. The van der Waals surface area contributed by atoms with Gasteiger partial charge in [0.15, 0.2) is 5.84 Å². The van der Waals surface area contributed by atoms with Crippen LogP contribution in [0.5, 0.6) is 0 Å². The molecule has 4 rings (SSSR count). The molecule has 1 N–H and O–H groups in total. The molecule has 0 spiro atoms. The van der Waals surface area contributed by atoms with Crippen molar-refractivity contribution in [3.05, 3.63) is 58.3 Å². The van der Waals surface area contributed by atoms with Crippen molar-refractivity contribution in [1.29, 1.82) is 5.41 Å². The van der Waals surface area contributed by atoms with Gasteiger partial charge < -0.3 is 4.57 Å². The molecule has 1 amide bonds. The van der Waals surface area contributed by atoms with Crippen LogP contribution in [0.2, 0.25) is 0 Å². The highest BCUT2D eigenvalue weighted by atomic mass is 79.9. The predicted octanol–water partition coefficient (Wildman–Crippen LogP) is 3.88. The van der Waals surface area contributed by atoms with E-state index >= 15 is 0 Å². The van der Waals surface area contributed by atoms with Gasteiger partial charge >= 0.3 is 0 Å². The van der Waals surface area contributed by atoms with Crippen LogP contribution >= 0.6 is 27.7 Å². The Morgan fingerprint density at radius 2 is 2.00 bits per heavy atom. The number of hydrogen-bond donors (Lipinski definition) is 1. The molecule has 0 atom stereocenters. The van der Waals surface area contributed by atoms with E-state index < -0.39 is 5.91 Å². The normalized spacial score (nSPS) is 18.5. The molecule has 124 valence electrons. The van der Waals surface area contributed by atoms with Crippen LogP contribution in [0.1, 0.15) is 12.6 Å². The average Bonchev–Trinajstić information content (AvgIpc) is 3.18. The molecule has 2 aliphatic rings. The third-order valence-corrected chi connectivity index (χ3v) is 5.09. The van der Waals surface area contributed by atoms with Gasteiger partial charge in [-0.25, -0.2) is 0 Å². The molecule has 8 heteroatoms. The van der Waals surface area contributed by atoms with Gasteiger partial charge in [-0.1, -0.05) is 15.9 Å². The fraction of sp³-hybridized carbons (Fsp3) is 0.0588. The molecule has 0 saturated heterocycles. The van der Waals surface area contributed by atoms with Gasteiger partial charge in [-0.15, -0.1) is 0 Å². The molecule has 1 aromatic carbocycles. The van der Waals surface area contributed by atoms with E-state index in [4.69, 9.17) is 5.41 Å². The van der Waals surface area contributed by atoms with Crippen LogP contribution in [0.4, 0.5) is 0 Å². The number of thioether (sulfide) groups is 1. The zero-order valence-electron chi connectivity index (χ0n) is 13.1. The smallest absolute Gasteiger partial charge is 0.283 e. The summed E-state index contributed by atoms with van der Waals surface area (Å²) in [7, 11) is 0. The van der Waals surface area contributed by atoms with E-state index in [9.17, 15) is 4.79 Å². The third-order valence-electron chi connectivity index (χ3n) is 3.73. The zero-order valence-corrected chi connectivity index (χ0v) is 15.5. The molecular weight excluding hydrogens is 402 g/mol. The Morgan fingerprint density at radius 3 is 2.76 bits per heavy atom. The van der Waals surface area contributed by atoms with E-state index in [-0.39, 0.29) is 11.4 Å². The quantitative estimate of drug-likeness (QED) is 0.759. The van der Waals surface area contributed by atoms with Crippen LogP contribution in [0, 0.1) is 5.41 Å². The first-order valence-electron chi connectivity index (χ1n) is 7.43. The van der Waals surface area contributed by atoms with E-state index in [0.29, 0.717) is 5.17 Å². The Morgan fingerprint density at radius 1 is 1.24 bits per heavy atom. The number of rotatable bonds is 2. The lowest BCUT2D eigenvalue weighted by Gasteiger charge is -2.20. The number of carbonyl (C=O) groups is 1. The van der Waals surface area contributed by atoms with E-state index in [1.165, 1.54) is 16.8 Å². The number of aliphatic imine (C=N–C) groups is 1. The van der Waals surface area contributed by atoms with Gasteiger partial charge in [0, 0.05) is 22.1 Å². The Labute approximate surface area is 156 Å². The van der Waals surface area contributed by atoms with Crippen molar-refractivity contribution in [3.63, 3.8) is 0 Å². The van der Waals surface area contributed by atoms with Crippen LogP contribution in [-0.4, -0.2) is 31.5 Å². The standard InChI is InChI=1S/C17H12BrN5OS/c1-10-21-23-15(19)14(16(24)20-17(23)25-10)9-13-3-2-8-22(13)12-6-4-11(18)5-7-12/h2-9,19H,1H3/b14-9+,19-15?. The van der Waals surface area contributed by atoms with E-state index in [0.717, 1.165) is 20.9 Å². The van der Waals surface area contributed by atoms with Gasteiger partial charge in [-0.05, 0) is 61.2 Å². The molecular formula is C17H12BrN5OS. The number of fused-ring (bicyclic) bond motifs is 1. The number of hydrazone groups is 1. The van der Waals surface area contributed by atoms with Gasteiger partial charge in [0.25, 0.3) is 5.91 Å². The molecule has 0 saturated carbocycles. The molecule has 0 fully saturated rings. The van der Waals surface area contributed by atoms with Crippen LogP contribution < -0.4 is 0 Å². The van der Waals surface area contributed by atoms with Gasteiger partial charge in [-0.3, -0.25) is 10.2 Å². The van der Waals surface area contributed by atoms with Crippen molar-refractivity contribution in [3.8, 4) is 5.69 Å². The number of carbonyl (C=O) groups excluding carboxylic acids is 1. The summed E-state index contributed by atoms with van der Waals surface area (Å²) in [5.74, 6) is -0.375. The predicted molar refractivity (Wildman–Crippen MR) is 104 cm³/mol. The molecule has 0 bridgehead atoms. The minimum atomic E-state index is -0.419. The number of nitrogens with one attached hydrogen (secondary N) is 1. The number of aromatic nitrogens is 1. The second kappa shape index (κ2) is 6.12. The minimum Gasteiger partial charge on any atom is -0.317 e. The molecule has 3 heterocycles. The lowest BCUT2D eigenvalue weighted by atomic mass is 10.1. The highest BCUT2D eigenvalue weighted by Crippen LogP contribution is 2.28. The van der Waals surface area contributed by atoms with Crippen LogP contribution in [0.3, 0.4) is 0 Å². The summed E-state index contributed by atoms with van der Waals surface area (Å²) in [6, 6.07) is 11.6. The first-order valence-corrected chi connectivity index (χ1v) is 9.04. The first-order chi connectivity index (χ1) is 12.0. The number of amidine groups is 2. The van der Waals surface area contributed by atoms with E-state index in [1.54, 1.807) is 6.08 Å². The second-order valence-corrected chi connectivity index (χ2v) is 7.49. The van der Waals surface area contributed by atoms with Crippen molar-refractivity contribution in [2.45, 2.75) is 6.92 Å². The lowest BCUT2D eigenvalue weighted by molar-refractivity contribution is -0.114. The Hall–Kier alpha value is -2.45. The number of nitrogens with zero attached hydrogens (tertiary/aromatic N) is 4. The highest BCUT2D eigenvalue weighted by molar-refractivity contribution is 9.10. The van der Waals surface area contributed by atoms with Crippen molar-refractivity contribution in [2.24, 2.45) is 10.1 Å². The maximum Gasteiger partial charge on any atom is 0.283 e. The molecule has 2 aromatic rings. The van der Waals surface area contributed by atoms with Crippen LogP contribution in [-0.2, 0) is 4.79 Å². The number of amides is 1. The molecule has 6 nitrogen and oxygen atoms in total. The molecule has 0 unspecified atom stereocenters. The molecule has 0 aliphatic carbocycles.